The van der Waals surface area contributed by atoms with Crippen LogP contribution in [0.25, 0.3) is 27.8 Å². The zero-order valence-electron chi connectivity index (χ0n) is 35.9. The third-order valence-electron chi connectivity index (χ3n) is 11.4. The summed E-state index contributed by atoms with van der Waals surface area (Å²) >= 11 is 0. The predicted octanol–water partition coefficient (Wildman–Crippen LogP) is 9.85. The zero-order valence-corrected chi connectivity index (χ0v) is 35.9. The average Bonchev–Trinajstić information content (AvgIpc) is 3.24. The number of hydrogen-bond donors (Lipinski definition) is 5. The maximum atomic E-state index is 13.1. The summed E-state index contributed by atoms with van der Waals surface area (Å²) in [6, 6.07) is 32.4. The molecular formula is C51H58N8O2+2. The first-order chi connectivity index (χ1) is 29.5. The van der Waals surface area contributed by atoms with Crippen LogP contribution in [0, 0.1) is 20.8 Å². The van der Waals surface area contributed by atoms with Crippen molar-refractivity contribution in [3.05, 3.63) is 137 Å². The van der Waals surface area contributed by atoms with Gasteiger partial charge in [-0.25, -0.2) is 9.98 Å². The van der Waals surface area contributed by atoms with Crippen LogP contribution < -0.4 is 32.0 Å². The molecule has 2 amide bonds. The second-order valence-corrected chi connectivity index (χ2v) is 16.3. The van der Waals surface area contributed by atoms with Gasteiger partial charge in [0.25, 0.3) is 0 Å². The number of carbonyl (C=O) groups excluding carboxylic acids is 2. The number of quaternary nitrogens is 1. The molecule has 1 aromatic heterocycles. The summed E-state index contributed by atoms with van der Waals surface area (Å²) in [5.74, 6) is 0.0544. The van der Waals surface area contributed by atoms with Crippen LogP contribution in [0.15, 0.2) is 125 Å². The lowest BCUT2D eigenvalue weighted by molar-refractivity contribution is -0.538. The molecule has 0 atom stereocenters. The minimum absolute atomic E-state index is 0.0125. The third-order valence-corrected chi connectivity index (χ3v) is 11.4. The topological polar surface area (TPSA) is 156 Å². The van der Waals surface area contributed by atoms with Crippen LogP contribution in [0.5, 0.6) is 0 Å². The van der Waals surface area contributed by atoms with E-state index in [0.29, 0.717) is 24.9 Å². The highest BCUT2D eigenvalue weighted by molar-refractivity contribution is 6.01. The molecule has 0 saturated carbocycles. The minimum Gasteiger partial charge on any atom is -0.398 e. The maximum absolute atomic E-state index is 13.1. The first-order valence-corrected chi connectivity index (χ1v) is 21.5. The number of unbranched alkanes of at least 4 members (excludes halogenated alkanes) is 6. The van der Waals surface area contributed by atoms with Gasteiger partial charge in [0.2, 0.25) is 28.5 Å². The average molecular weight is 815 g/mol. The third kappa shape index (κ3) is 10.8. The zero-order chi connectivity index (χ0) is 42.9. The van der Waals surface area contributed by atoms with Crippen LogP contribution in [0.2, 0.25) is 0 Å². The summed E-state index contributed by atoms with van der Waals surface area (Å²) in [7, 11) is 0. The molecule has 5 aromatic carbocycles. The summed E-state index contributed by atoms with van der Waals surface area (Å²) in [6.45, 7) is 8.01. The van der Waals surface area contributed by atoms with Gasteiger partial charge in [-0.2, -0.15) is 0 Å². The van der Waals surface area contributed by atoms with Crippen molar-refractivity contribution in [2.75, 3.05) is 16.8 Å². The van der Waals surface area contributed by atoms with Crippen LogP contribution in [0.3, 0.4) is 0 Å². The molecule has 0 aliphatic heterocycles. The molecule has 61 heavy (non-hydrogen) atoms. The van der Waals surface area contributed by atoms with Crippen LogP contribution in [0.4, 0.5) is 34.1 Å². The second kappa shape index (κ2) is 19.6. The number of nitrogens with one attached hydrogen (secondary N) is 2. The van der Waals surface area contributed by atoms with Crippen LogP contribution in [-0.4, -0.2) is 22.5 Å². The lowest BCUT2D eigenvalue weighted by Crippen LogP contribution is -2.71. The van der Waals surface area contributed by atoms with E-state index in [1.165, 1.54) is 0 Å². The van der Waals surface area contributed by atoms with Gasteiger partial charge in [0.05, 0.1) is 5.69 Å². The Kier molecular flexibility index (Phi) is 13.7. The molecule has 0 spiro atoms. The highest BCUT2D eigenvalue weighted by atomic mass is 16.2. The quantitative estimate of drug-likeness (QED) is 0.0285. The lowest BCUT2D eigenvalue weighted by atomic mass is 10.0. The van der Waals surface area contributed by atoms with Crippen molar-refractivity contribution >= 4 is 73.7 Å². The van der Waals surface area contributed by atoms with Gasteiger partial charge >= 0.3 is 0 Å². The number of nitrogen functional groups attached to an aromatic ring is 2. The molecule has 0 saturated heterocycles. The predicted molar refractivity (Wildman–Crippen MR) is 250 cm³/mol. The van der Waals surface area contributed by atoms with Crippen molar-refractivity contribution in [3.63, 3.8) is 0 Å². The molecule has 1 heterocycles. The number of amides is 2. The summed E-state index contributed by atoms with van der Waals surface area (Å²) in [5, 5.41) is 8.40. The van der Waals surface area contributed by atoms with Crippen LogP contribution in [-0.2, 0) is 9.59 Å². The van der Waals surface area contributed by atoms with Gasteiger partial charge in [-0.05, 0) is 99.2 Å². The fraction of sp³-hybridized carbons (Fsp3) is 0.275. The van der Waals surface area contributed by atoms with E-state index in [2.05, 4.69) is 56.9 Å². The van der Waals surface area contributed by atoms with Crippen LogP contribution >= 0.6 is 0 Å². The SMILES string of the molecule is CC1=CC(=Nc2cc(C)c(N)cc2[NH2+]c2ccccc2)CC=C1NC(=O)CCCCCCCCCC(=O)Nc1cc2c(cc1C)nc1cc(C)c(N)cc1[n+]2-c1ccccc1. The van der Waals surface area contributed by atoms with Crippen molar-refractivity contribution in [3.8, 4) is 5.69 Å². The highest BCUT2D eigenvalue weighted by Gasteiger charge is 2.22. The summed E-state index contributed by atoms with van der Waals surface area (Å²) in [5.41, 5.74) is 28.0. The van der Waals surface area contributed by atoms with E-state index in [1.807, 2.05) is 100 Å². The number of rotatable bonds is 16. The van der Waals surface area contributed by atoms with Gasteiger partial charge in [0.15, 0.2) is 5.69 Å². The number of hydrogen-bond acceptors (Lipinski definition) is 6. The number of nitrogens with two attached hydrogens (primary N) is 3. The fourth-order valence-electron chi connectivity index (χ4n) is 7.85. The number of benzene rings is 5. The molecule has 6 aromatic rings. The lowest BCUT2D eigenvalue weighted by Gasteiger charge is -2.16. The number of aliphatic imine (C=N–C) groups is 1. The molecule has 10 heteroatoms. The van der Waals surface area contributed by atoms with Crippen molar-refractivity contribution < 1.29 is 19.5 Å². The number of allylic oxidation sites excluding steroid dienone is 3. The molecule has 0 fully saturated rings. The number of aryl methyl sites for hydroxylation is 3. The largest absolute Gasteiger partial charge is 0.398 e. The van der Waals surface area contributed by atoms with Gasteiger partial charge in [-0.15, -0.1) is 4.57 Å². The molecule has 1 aliphatic rings. The molecule has 10 nitrogen and oxygen atoms in total. The molecule has 1 aliphatic carbocycles. The number of aromatic nitrogens is 2. The monoisotopic (exact) mass is 814 g/mol. The van der Waals surface area contributed by atoms with Crippen molar-refractivity contribution in [2.24, 2.45) is 4.99 Å². The Balaban J connectivity index is 0.828. The standard InChI is InChI=1S/C51H56N8O2/c1-33-27-44(45(30-40(33)52)54-37-18-12-10-13-19-37)55-38-24-25-42(35(3)26-38)57-50(60)22-16-8-6-5-7-9-17-23-51(61)58-43-32-49-47(29-36(43)4)56-46-28-34(2)41(53)31-48(46)59(49)39-20-14-11-15-21-39/h10-15,18-21,25-32,54H,5-9,16-17,22-24,52H2,1-4H3,(H3,53,57,58,60,61)/p+2. The normalized spacial score (nSPS) is 13.3. The smallest absolute Gasteiger partial charge is 0.239 e. The Labute approximate surface area is 358 Å². The maximum Gasteiger partial charge on any atom is 0.239 e. The van der Waals surface area contributed by atoms with Crippen LogP contribution in [0.1, 0.15) is 87.8 Å². The second-order valence-electron chi connectivity index (χ2n) is 16.3. The van der Waals surface area contributed by atoms with E-state index < -0.39 is 0 Å². The molecule has 8 N–H and O–H groups in total. The van der Waals surface area contributed by atoms with Gasteiger partial charge in [0, 0.05) is 72.4 Å². The van der Waals surface area contributed by atoms with E-state index in [0.717, 1.165) is 135 Å². The van der Waals surface area contributed by atoms with Crippen molar-refractivity contribution in [1.82, 2.24) is 10.3 Å². The Bertz CT molecular complexity index is 2670. The molecule has 7 rings (SSSR count). The Hall–Kier alpha value is -6.65. The first kappa shape index (κ1) is 42.5. The number of carbonyl (C=O) groups is 2. The number of anilines is 3. The van der Waals surface area contributed by atoms with E-state index in [4.69, 9.17) is 21.4 Å². The van der Waals surface area contributed by atoms with E-state index in [9.17, 15) is 9.59 Å². The minimum atomic E-state index is 0.0125. The van der Waals surface area contributed by atoms with Gasteiger partial charge in [0.1, 0.15) is 22.4 Å². The molecule has 0 bridgehead atoms. The first-order valence-electron chi connectivity index (χ1n) is 21.5. The van der Waals surface area contributed by atoms with Gasteiger partial charge < -0.3 is 22.1 Å². The van der Waals surface area contributed by atoms with Gasteiger partial charge in [-0.1, -0.05) is 74.6 Å². The van der Waals surface area contributed by atoms with E-state index >= 15 is 0 Å². The Morgan fingerprint density at radius 3 is 1.93 bits per heavy atom. The summed E-state index contributed by atoms with van der Waals surface area (Å²) in [6.07, 6.45) is 12.6. The summed E-state index contributed by atoms with van der Waals surface area (Å²) in [4.78, 5) is 36.0. The highest BCUT2D eigenvalue weighted by Crippen LogP contribution is 2.30. The van der Waals surface area contributed by atoms with E-state index in [-0.39, 0.29) is 11.8 Å². The molecule has 0 unspecified atom stereocenters. The van der Waals surface area contributed by atoms with Gasteiger partial charge in [-0.3, -0.25) is 14.9 Å². The molecular weight excluding hydrogens is 757 g/mol. The number of para-hydroxylation sites is 2. The Morgan fingerprint density at radius 2 is 1.26 bits per heavy atom. The summed E-state index contributed by atoms with van der Waals surface area (Å²) < 4.78 is 2.17. The van der Waals surface area contributed by atoms with E-state index in [1.54, 1.807) is 0 Å². The molecule has 312 valence electrons. The fourth-order valence-corrected chi connectivity index (χ4v) is 7.85. The Morgan fingerprint density at radius 1 is 0.689 bits per heavy atom. The molecule has 0 radical (unpaired) electrons. The number of nitrogens with zero attached hydrogens (tertiary/aromatic N) is 3. The van der Waals surface area contributed by atoms with Crippen molar-refractivity contribution in [2.45, 2.75) is 91.9 Å². The number of fused-ring (bicyclic) bond motifs is 2. The van der Waals surface area contributed by atoms with Crippen molar-refractivity contribution in [1.29, 1.82) is 0 Å².